The Hall–Kier alpha value is -4.19. The molecule has 0 spiro atoms. The Balaban J connectivity index is 1.61. The molecule has 0 saturated carbocycles. The van der Waals surface area contributed by atoms with Gasteiger partial charge in [0.05, 0.1) is 18.5 Å². The molecule has 4 rings (SSSR count). The third-order valence-electron chi connectivity index (χ3n) is 4.77. The average molecular weight is 425 g/mol. The summed E-state index contributed by atoms with van der Waals surface area (Å²) >= 11 is 0. The summed E-state index contributed by atoms with van der Waals surface area (Å²) < 4.78 is 7.49. The van der Waals surface area contributed by atoms with Crippen molar-refractivity contribution in [2.24, 2.45) is 5.10 Å². The molecule has 0 unspecified atom stereocenters. The van der Waals surface area contributed by atoms with Crippen LogP contribution < -0.4 is 10.2 Å². The Morgan fingerprint density at radius 1 is 1.00 bits per heavy atom. The van der Waals surface area contributed by atoms with Crippen LogP contribution >= 0.6 is 0 Å². The molecule has 0 atom stereocenters. The number of nitrogens with zero attached hydrogens (tertiary/aromatic N) is 3. The van der Waals surface area contributed by atoms with Gasteiger partial charge in [-0.05, 0) is 55.0 Å². The molecule has 6 nitrogen and oxygen atoms in total. The number of hydrogen-bond acceptors (Lipinski definition) is 4. The predicted molar refractivity (Wildman–Crippen MR) is 126 cm³/mol. The van der Waals surface area contributed by atoms with Gasteiger partial charge in [0, 0.05) is 22.9 Å². The lowest BCUT2D eigenvalue weighted by Gasteiger charge is -2.05. The first kappa shape index (κ1) is 21.1. The molecular weight excluding hydrogens is 400 g/mol. The number of ether oxygens (including phenoxy) is 1. The van der Waals surface area contributed by atoms with Crippen molar-refractivity contribution in [3.8, 4) is 22.7 Å². The molecule has 0 radical (unpaired) electrons. The van der Waals surface area contributed by atoms with Gasteiger partial charge in [0.25, 0.3) is 5.91 Å². The molecule has 0 bridgehead atoms. The van der Waals surface area contributed by atoms with Crippen molar-refractivity contribution in [3.63, 3.8) is 0 Å². The molecule has 6 heteroatoms. The van der Waals surface area contributed by atoms with E-state index in [-0.39, 0.29) is 5.91 Å². The molecule has 0 aliphatic rings. The fourth-order valence-corrected chi connectivity index (χ4v) is 3.16. The number of hydrogen-bond donors (Lipinski definition) is 1. The molecule has 4 aromatic rings. The predicted octanol–water partition coefficient (Wildman–Crippen LogP) is 5.09. The smallest absolute Gasteiger partial charge is 0.271 e. The maximum Gasteiger partial charge on any atom is 0.271 e. The number of amides is 1. The molecule has 0 saturated heterocycles. The van der Waals surface area contributed by atoms with Crippen LogP contribution in [-0.2, 0) is 0 Å². The number of carbonyl (C=O) groups is 1. The van der Waals surface area contributed by atoms with Gasteiger partial charge in [-0.15, -0.1) is 0 Å². The Morgan fingerprint density at radius 2 is 1.69 bits per heavy atom. The highest BCUT2D eigenvalue weighted by atomic mass is 16.5. The number of aromatic nitrogens is 2. The van der Waals surface area contributed by atoms with Crippen molar-refractivity contribution in [1.82, 2.24) is 15.2 Å². The van der Waals surface area contributed by atoms with Crippen LogP contribution in [0.1, 0.15) is 29.3 Å². The third-order valence-corrected chi connectivity index (χ3v) is 4.77. The molecule has 32 heavy (non-hydrogen) atoms. The molecule has 3 aromatic carbocycles. The first-order valence-electron chi connectivity index (χ1n) is 10.5. The fraction of sp³-hybridized carbons (Fsp3) is 0.115. The second-order valence-corrected chi connectivity index (χ2v) is 7.15. The lowest BCUT2D eigenvalue weighted by molar-refractivity contribution is 0.0955. The highest BCUT2D eigenvalue weighted by Crippen LogP contribution is 2.25. The summed E-state index contributed by atoms with van der Waals surface area (Å²) in [5, 5.41) is 8.94. The van der Waals surface area contributed by atoms with E-state index in [2.05, 4.69) is 17.5 Å². The summed E-state index contributed by atoms with van der Waals surface area (Å²) in [5.74, 6) is 0.555. The lowest BCUT2D eigenvalue weighted by Crippen LogP contribution is -2.17. The fourth-order valence-electron chi connectivity index (χ4n) is 3.16. The summed E-state index contributed by atoms with van der Waals surface area (Å²) in [6.07, 6.45) is 4.47. The van der Waals surface area contributed by atoms with E-state index in [4.69, 9.17) is 9.84 Å². The molecule has 0 aliphatic heterocycles. The van der Waals surface area contributed by atoms with Crippen LogP contribution in [0.15, 0.2) is 96.2 Å². The zero-order valence-corrected chi connectivity index (χ0v) is 17.8. The molecule has 1 aromatic heterocycles. The zero-order chi connectivity index (χ0) is 22.2. The normalized spacial score (nSPS) is 10.9. The molecule has 0 fully saturated rings. The van der Waals surface area contributed by atoms with Crippen molar-refractivity contribution in [1.29, 1.82) is 0 Å². The highest BCUT2D eigenvalue weighted by Gasteiger charge is 2.12. The van der Waals surface area contributed by atoms with Gasteiger partial charge >= 0.3 is 0 Å². The average Bonchev–Trinajstić information content (AvgIpc) is 3.28. The van der Waals surface area contributed by atoms with Gasteiger partial charge in [-0.25, -0.2) is 10.1 Å². The van der Waals surface area contributed by atoms with Crippen molar-refractivity contribution in [2.45, 2.75) is 13.3 Å². The van der Waals surface area contributed by atoms with Gasteiger partial charge in [-0.1, -0.05) is 43.3 Å². The van der Waals surface area contributed by atoms with Gasteiger partial charge in [0.15, 0.2) is 0 Å². The largest absolute Gasteiger partial charge is 0.494 e. The van der Waals surface area contributed by atoms with Gasteiger partial charge in [-0.3, -0.25) is 4.79 Å². The maximum atomic E-state index is 12.3. The minimum atomic E-state index is -0.267. The zero-order valence-electron chi connectivity index (χ0n) is 17.8. The van der Waals surface area contributed by atoms with E-state index in [0.29, 0.717) is 12.2 Å². The van der Waals surface area contributed by atoms with Crippen LogP contribution in [0.25, 0.3) is 16.9 Å². The minimum absolute atomic E-state index is 0.267. The summed E-state index contributed by atoms with van der Waals surface area (Å²) in [5.41, 5.74) is 6.53. The first-order valence-corrected chi connectivity index (χ1v) is 10.5. The first-order chi connectivity index (χ1) is 15.7. The lowest BCUT2D eigenvalue weighted by atomic mass is 10.1. The van der Waals surface area contributed by atoms with Crippen molar-refractivity contribution >= 4 is 12.1 Å². The van der Waals surface area contributed by atoms with Gasteiger partial charge in [0.1, 0.15) is 11.4 Å². The Morgan fingerprint density at radius 3 is 2.38 bits per heavy atom. The highest BCUT2D eigenvalue weighted by molar-refractivity contribution is 5.95. The molecular formula is C26H24N4O2. The number of rotatable bonds is 8. The van der Waals surface area contributed by atoms with E-state index in [9.17, 15) is 4.79 Å². The van der Waals surface area contributed by atoms with Crippen LogP contribution in [0, 0.1) is 0 Å². The van der Waals surface area contributed by atoms with Gasteiger partial charge in [-0.2, -0.15) is 10.2 Å². The van der Waals surface area contributed by atoms with Crippen LogP contribution in [0.2, 0.25) is 0 Å². The van der Waals surface area contributed by atoms with E-state index < -0.39 is 0 Å². The summed E-state index contributed by atoms with van der Waals surface area (Å²) in [4.78, 5) is 12.3. The number of para-hydroxylation sites is 1. The molecule has 1 amide bonds. The summed E-state index contributed by atoms with van der Waals surface area (Å²) in [6.45, 7) is 2.76. The van der Waals surface area contributed by atoms with Crippen LogP contribution in [0.4, 0.5) is 0 Å². The topological polar surface area (TPSA) is 68.5 Å². The van der Waals surface area contributed by atoms with E-state index >= 15 is 0 Å². The van der Waals surface area contributed by atoms with Gasteiger partial charge < -0.3 is 4.74 Å². The van der Waals surface area contributed by atoms with Crippen LogP contribution in [-0.4, -0.2) is 28.5 Å². The van der Waals surface area contributed by atoms with Crippen LogP contribution in [0.3, 0.4) is 0 Å². The second kappa shape index (κ2) is 10.2. The number of nitrogens with one attached hydrogen (secondary N) is 1. The van der Waals surface area contributed by atoms with Crippen molar-refractivity contribution in [3.05, 3.63) is 102 Å². The molecule has 1 heterocycles. The monoisotopic (exact) mass is 424 g/mol. The van der Waals surface area contributed by atoms with E-state index in [1.165, 1.54) is 0 Å². The molecule has 0 aliphatic carbocycles. The minimum Gasteiger partial charge on any atom is -0.494 e. The maximum absolute atomic E-state index is 12.3. The second-order valence-electron chi connectivity index (χ2n) is 7.15. The molecule has 160 valence electrons. The standard InChI is InChI=1S/C26H24N4O2/c1-2-17-32-24-15-13-20(14-16-24)25-22(19-30(29-25)23-11-7-4-8-12-23)18-27-28-26(31)21-9-5-3-6-10-21/h3-16,18-19H,2,17H2,1H3,(H,28,31). The SMILES string of the molecule is CCCOc1ccc(-c2nn(-c3ccccc3)cc2C=NNC(=O)c2ccccc2)cc1. The Kier molecular flexibility index (Phi) is 6.72. The number of benzene rings is 3. The molecule has 1 N–H and O–H groups in total. The van der Waals surface area contributed by atoms with Crippen molar-refractivity contribution < 1.29 is 9.53 Å². The van der Waals surface area contributed by atoms with Crippen molar-refractivity contribution in [2.75, 3.05) is 6.61 Å². The Labute approximate surface area is 187 Å². The van der Waals surface area contributed by atoms with Gasteiger partial charge in [0.2, 0.25) is 0 Å². The van der Waals surface area contributed by atoms with E-state index in [1.807, 2.05) is 79.0 Å². The summed E-state index contributed by atoms with van der Waals surface area (Å²) in [7, 11) is 0. The number of carbonyl (C=O) groups excluding carboxylic acids is 1. The third kappa shape index (κ3) is 5.10. The number of hydrazone groups is 1. The van der Waals surface area contributed by atoms with E-state index in [1.54, 1.807) is 23.0 Å². The summed E-state index contributed by atoms with van der Waals surface area (Å²) in [6, 6.07) is 26.6. The van der Waals surface area contributed by atoms with E-state index in [0.717, 1.165) is 34.7 Å². The Bertz CT molecular complexity index is 1180. The van der Waals surface area contributed by atoms with Crippen LogP contribution in [0.5, 0.6) is 5.75 Å². The quantitative estimate of drug-likeness (QED) is 0.316.